The van der Waals surface area contributed by atoms with Crippen molar-refractivity contribution >= 4 is 32.8 Å². The Labute approximate surface area is 155 Å². The highest BCUT2D eigenvalue weighted by Crippen LogP contribution is 2.37. The van der Waals surface area contributed by atoms with E-state index in [-0.39, 0.29) is 6.42 Å². The first-order valence-electron chi connectivity index (χ1n) is 8.16. The van der Waals surface area contributed by atoms with Crippen molar-refractivity contribution in [2.24, 2.45) is 10.2 Å². The fraction of sp³-hybridized carbons (Fsp3) is 0.0476. The summed E-state index contributed by atoms with van der Waals surface area (Å²) in [6.45, 7) is 0. The van der Waals surface area contributed by atoms with Crippen LogP contribution in [0.5, 0.6) is 0 Å². The molecule has 0 atom stereocenters. The zero-order valence-electron chi connectivity index (χ0n) is 13.8. The van der Waals surface area contributed by atoms with Crippen LogP contribution in [0, 0.1) is 11.3 Å². The van der Waals surface area contributed by atoms with Crippen LogP contribution in [-0.4, -0.2) is 4.98 Å². The molecule has 0 fully saturated rings. The van der Waals surface area contributed by atoms with E-state index in [0.29, 0.717) is 0 Å². The molecule has 1 aromatic heterocycles. The molecule has 0 aliphatic heterocycles. The van der Waals surface area contributed by atoms with Crippen LogP contribution in [0.3, 0.4) is 0 Å². The summed E-state index contributed by atoms with van der Waals surface area (Å²) in [5.41, 5.74) is 2.53. The van der Waals surface area contributed by atoms with E-state index < -0.39 is 0 Å². The van der Waals surface area contributed by atoms with Crippen molar-refractivity contribution in [1.82, 2.24) is 4.98 Å². The maximum Gasteiger partial charge on any atom is 0.166 e. The average Bonchev–Trinajstić information content (AvgIpc) is 3.10. The van der Waals surface area contributed by atoms with Gasteiger partial charge in [0.25, 0.3) is 0 Å². The summed E-state index contributed by atoms with van der Waals surface area (Å²) in [7, 11) is 0. The molecule has 3 aromatic carbocycles. The van der Waals surface area contributed by atoms with Gasteiger partial charge < -0.3 is 0 Å². The predicted octanol–water partition coefficient (Wildman–Crippen LogP) is 6.44. The maximum absolute atomic E-state index is 9.00. The second-order valence-electron chi connectivity index (χ2n) is 5.69. The maximum atomic E-state index is 9.00. The van der Waals surface area contributed by atoms with E-state index in [0.717, 1.165) is 32.3 Å². The monoisotopic (exact) mass is 354 g/mol. The van der Waals surface area contributed by atoms with Gasteiger partial charge in [-0.1, -0.05) is 65.9 Å². The molecule has 0 bridgehead atoms. The van der Waals surface area contributed by atoms with Crippen LogP contribution in [0.1, 0.15) is 5.01 Å². The summed E-state index contributed by atoms with van der Waals surface area (Å²) in [5.74, 6) is 0. The number of hydrogen-bond donors (Lipinski definition) is 0. The molecule has 26 heavy (non-hydrogen) atoms. The third-order valence-electron chi connectivity index (χ3n) is 3.92. The Morgan fingerprint density at radius 3 is 2.46 bits per heavy atom. The van der Waals surface area contributed by atoms with Crippen LogP contribution in [0.2, 0.25) is 0 Å². The molecule has 0 unspecified atom stereocenters. The van der Waals surface area contributed by atoms with Crippen LogP contribution in [0.15, 0.2) is 83.0 Å². The van der Waals surface area contributed by atoms with Crippen molar-refractivity contribution in [3.8, 4) is 17.3 Å². The Morgan fingerprint density at radius 1 is 0.885 bits per heavy atom. The number of hydrogen-bond acceptors (Lipinski definition) is 5. The van der Waals surface area contributed by atoms with Crippen LogP contribution in [-0.2, 0) is 6.42 Å². The summed E-state index contributed by atoms with van der Waals surface area (Å²) in [6.07, 6.45) is 0.270. The Morgan fingerprint density at radius 2 is 1.65 bits per heavy atom. The molecule has 4 nitrogen and oxygen atoms in total. The normalized spacial score (nSPS) is 11.0. The number of aromatic nitrogens is 1. The third-order valence-corrected chi connectivity index (χ3v) is 4.86. The van der Waals surface area contributed by atoms with Gasteiger partial charge in [0.15, 0.2) is 5.00 Å². The van der Waals surface area contributed by atoms with Crippen molar-refractivity contribution in [3.05, 3.63) is 77.8 Å². The summed E-state index contributed by atoms with van der Waals surface area (Å²) in [4.78, 5) is 4.63. The lowest BCUT2D eigenvalue weighted by atomic mass is 10.1. The minimum atomic E-state index is 0.270. The molecule has 4 rings (SSSR count). The number of rotatable bonds is 4. The lowest BCUT2D eigenvalue weighted by molar-refractivity contribution is 1.18. The molecule has 0 saturated carbocycles. The van der Waals surface area contributed by atoms with Crippen LogP contribution in [0.25, 0.3) is 22.0 Å². The van der Waals surface area contributed by atoms with Crippen molar-refractivity contribution in [3.63, 3.8) is 0 Å². The van der Waals surface area contributed by atoms with Crippen LogP contribution < -0.4 is 0 Å². The Hall–Kier alpha value is -3.36. The van der Waals surface area contributed by atoms with E-state index >= 15 is 0 Å². The Bertz CT molecular complexity index is 1120. The van der Waals surface area contributed by atoms with Crippen molar-refractivity contribution < 1.29 is 0 Å². The van der Waals surface area contributed by atoms with Gasteiger partial charge in [-0.15, -0.1) is 10.2 Å². The van der Waals surface area contributed by atoms with E-state index in [4.69, 9.17) is 5.26 Å². The van der Waals surface area contributed by atoms with Crippen LogP contribution >= 0.6 is 11.3 Å². The average molecular weight is 354 g/mol. The molecule has 0 saturated heterocycles. The molecule has 0 amide bonds. The molecular weight excluding hydrogens is 340 g/mol. The van der Waals surface area contributed by atoms with E-state index in [9.17, 15) is 0 Å². The van der Waals surface area contributed by atoms with Gasteiger partial charge in [-0.3, -0.25) is 0 Å². The predicted molar refractivity (Wildman–Crippen MR) is 105 cm³/mol. The highest BCUT2D eigenvalue weighted by Gasteiger charge is 2.13. The number of thiazole rings is 1. The van der Waals surface area contributed by atoms with Gasteiger partial charge in [0.05, 0.1) is 18.2 Å². The first kappa shape index (κ1) is 16.1. The summed E-state index contributed by atoms with van der Waals surface area (Å²) < 4.78 is 0. The number of fused-ring (bicyclic) bond motifs is 1. The van der Waals surface area contributed by atoms with Gasteiger partial charge in [-0.05, 0) is 29.0 Å². The third kappa shape index (κ3) is 3.37. The molecule has 4 aromatic rings. The molecule has 0 N–H and O–H groups in total. The zero-order chi connectivity index (χ0) is 17.8. The van der Waals surface area contributed by atoms with Crippen molar-refractivity contribution in [2.75, 3.05) is 0 Å². The number of benzene rings is 3. The molecule has 0 aliphatic carbocycles. The summed E-state index contributed by atoms with van der Waals surface area (Å²) in [5, 5.41) is 21.5. The highest BCUT2D eigenvalue weighted by atomic mass is 32.1. The smallest absolute Gasteiger partial charge is 0.166 e. The van der Waals surface area contributed by atoms with Gasteiger partial charge in [0, 0.05) is 5.56 Å². The molecule has 0 radical (unpaired) electrons. The van der Waals surface area contributed by atoms with E-state index in [1.807, 2.05) is 48.5 Å². The first-order chi connectivity index (χ1) is 12.8. The number of azo groups is 1. The van der Waals surface area contributed by atoms with Crippen LogP contribution in [0.4, 0.5) is 10.7 Å². The van der Waals surface area contributed by atoms with Gasteiger partial charge in [-0.25, -0.2) is 4.98 Å². The fourth-order valence-electron chi connectivity index (χ4n) is 2.69. The van der Waals surface area contributed by atoms with E-state index in [2.05, 4.69) is 45.5 Å². The molecule has 1 heterocycles. The molecule has 5 heteroatoms. The van der Waals surface area contributed by atoms with Crippen molar-refractivity contribution in [2.45, 2.75) is 6.42 Å². The largest absolute Gasteiger partial charge is 0.238 e. The minimum Gasteiger partial charge on any atom is -0.238 e. The quantitative estimate of drug-likeness (QED) is 0.396. The SMILES string of the molecule is N#CCc1nc(-c2ccc3ccccc3c2)c(N=Nc2ccccc2)s1. The summed E-state index contributed by atoms with van der Waals surface area (Å²) in [6, 6.07) is 26.2. The van der Waals surface area contributed by atoms with Gasteiger partial charge in [0.2, 0.25) is 0 Å². The highest BCUT2D eigenvalue weighted by molar-refractivity contribution is 7.16. The molecular formula is C21H14N4S. The second-order valence-corrected chi connectivity index (χ2v) is 6.76. The number of nitriles is 1. The lowest BCUT2D eigenvalue weighted by Gasteiger charge is -2.02. The topological polar surface area (TPSA) is 61.4 Å². The number of nitrogens with zero attached hydrogens (tertiary/aromatic N) is 4. The van der Waals surface area contributed by atoms with E-state index in [1.165, 1.54) is 16.7 Å². The van der Waals surface area contributed by atoms with E-state index in [1.54, 1.807) is 0 Å². The molecule has 124 valence electrons. The van der Waals surface area contributed by atoms with Crippen molar-refractivity contribution in [1.29, 1.82) is 5.26 Å². The fourth-order valence-corrected chi connectivity index (χ4v) is 3.53. The molecule has 0 aliphatic rings. The Kier molecular flexibility index (Phi) is 4.50. The minimum absolute atomic E-state index is 0.270. The van der Waals surface area contributed by atoms with Gasteiger partial charge >= 0.3 is 0 Å². The lowest BCUT2D eigenvalue weighted by Crippen LogP contribution is -1.82. The standard InChI is InChI=1S/C21H14N4S/c22-13-12-19-23-20(17-11-10-15-6-4-5-7-16(15)14-17)21(26-19)25-24-18-8-2-1-3-9-18/h1-11,14H,12H2. The van der Waals surface area contributed by atoms with Gasteiger partial charge in [0.1, 0.15) is 10.7 Å². The summed E-state index contributed by atoms with van der Waals surface area (Å²) >= 11 is 1.41. The molecule has 0 spiro atoms. The first-order valence-corrected chi connectivity index (χ1v) is 8.98. The second kappa shape index (κ2) is 7.26. The zero-order valence-corrected chi connectivity index (χ0v) is 14.6. The van der Waals surface area contributed by atoms with Gasteiger partial charge in [-0.2, -0.15) is 5.26 Å². The Balaban J connectivity index is 1.78.